The normalized spacial score (nSPS) is 12.2. The van der Waals surface area contributed by atoms with Crippen LogP contribution in [0, 0.1) is 11.8 Å². The Hall–Kier alpha value is -2.12. The van der Waals surface area contributed by atoms with Gasteiger partial charge in [0.2, 0.25) is 0 Å². The van der Waals surface area contributed by atoms with E-state index < -0.39 is 35.7 Å². The van der Waals surface area contributed by atoms with Crippen LogP contribution in [-0.2, 0) is 19.2 Å². The van der Waals surface area contributed by atoms with Crippen molar-refractivity contribution in [2.24, 2.45) is 11.8 Å². The van der Waals surface area contributed by atoms with Crippen LogP contribution in [0.25, 0.3) is 0 Å². The highest BCUT2D eigenvalue weighted by atomic mass is 16.4. The van der Waals surface area contributed by atoms with Crippen molar-refractivity contribution in [2.75, 3.05) is 0 Å². The lowest BCUT2D eigenvalue weighted by Crippen LogP contribution is -2.17. The number of carbonyl (C=O) groups is 4. The third-order valence-electron chi connectivity index (χ3n) is 9.60. The van der Waals surface area contributed by atoms with Gasteiger partial charge >= 0.3 is 23.9 Å². The molecule has 0 aromatic rings. The molecule has 8 heteroatoms. The molecule has 8 nitrogen and oxygen atoms in total. The number of hydrogen-bond donors (Lipinski definition) is 4. The van der Waals surface area contributed by atoms with Crippen molar-refractivity contribution in [3.63, 3.8) is 0 Å². The molecule has 0 heterocycles. The molecule has 0 bridgehead atoms. The summed E-state index contributed by atoms with van der Waals surface area (Å²) < 4.78 is 0. The molecule has 0 saturated heterocycles. The number of aliphatic carboxylic acids is 4. The molecule has 290 valence electrons. The molecule has 0 aliphatic heterocycles. The van der Waals surface area contributed by atoms with E-state index in [0.29, 0.717) is 12.8 Å². The molecule has 2 atom stereocenters. The molecule has 0 fully saturated rings. The van der Waals surface area contributed by atoms with Gasteiger partial charge in [0.1, 0.15) is 0 Å². The highest BCUT2D eigenvalue weighted by molar-refractivity contribution is 5.78. The maximum atomic E-state index is 11.0. The van der Waals surface area contributed by atoms with Crippen molar-refractivity contribution in [3.05, 3.63) is 0 Å². The second-order valence-corrected chi connectivity index (χ2v) is 14.4. The lowest BCUT2D eigenvalue weighted by molar-refractivity contribution is -0.148. The van der Waals surface area contributed by atoms with Crippen molar-refractivity contribution >= 4 is 23.9 Å². The van der Waals surface area contributed by atoms with E-state index in [1.807, 2.05) is 0 Å². The Morgan fingerprint density at radius 3 is 0.673 bits per heavy atom. The highest BCUT2D eigenvalue weighted by Crippen LogP contribution is 2.19. The van der Waals surface area contributed by atoms with Gasteiger partial charge in [-0.15, -0.1) is 0 Å². The summed E-state index contributed by atoms with van der Waals surface area (Å²) in [5, 5.41) is 35.3. The Labute approximate surface area is 300 Å². The van der Waals surface area contributed by atoms with Gasteiger partial charge in [-0.05, 0) is 12.8 Å². The van der Waals surface area contributed by atoms with Gasteiger partial charge in [0.25, 0.3) is 0 Å². The zero-order valence-corrected chi connectivity index (χ0v) is 31.9. The van der Waals surface area contributed by atoms with Gasteiger partial charge < -0.3 is 20.4 Å². The van der Waals surface area contributed by atoms with Gasteiger partial charge in [-0.25, -0.2) is 0 Å². The van der Waals surface area contributed by atoms with Gasteiger partial charge in [-0.2, -0.15) is 0 Å². The fourth-order valence-corrected chi connectivity index (χ4v) is 6.39. The Balaban J connectivity index is 0. The van der Waals surface area contributed by atoms with E-state index in [4.69, 9.17) is 20.4 Å². The van der Waals surface area contributed by atoms with Gasteiger partial charge in [0, 0.05) is 0 Å². The van der Waals surface area contributed by atoms with Crippen LogP contribution in [0.5, 0.6) is 0 Å². The van der Waals surface area contributed by atoms with E-state index in [-0.39, 0.29) is 12.8 Å². The van der Waals surface area contributed by atoms with E-state index in [9.17, 15) is 19.2 Å². The van der Waals surface area contributed by atoms with Crippen LogP contribution in [0.4, 0.5) is 0 Å². The average molecular weight is 699 g/mol. The zero-order chi connectivity index (χ0) is 36.8. The fourth-order valence-electron chi connectivity index (χ4n) is 6.39. The monoisotopic (exact) mass is 699 g/mol. The maximum absolute atomic E-state index is 11.0. The van der Waals surface area contributed by atoms with Crippen molar-refractivity contribution in [3.8, 4) is 0 Å². The molecule has 2 unspecified atom stereocenters. The first kappa shape index (κ1) is 49.0. The van der Waals surface area contributed by atoms with Crippen LogP contribution in [0.2, 0.25) is 0 Å². The predicted octanol–water partition coefficient (Wildman–Crippen LogP) is 12.5. The zero-order valence-electron chi connectivity index (χ0n) is 31.9. The minimum absolute atomic E-state index is 0.256. The lowest BCUT2D eigenvalue weighted by atomic mass is 9.97. The molecule has 0 radical (unpaired) electrons. The molecule has 0 saturated carbocycles. The molecule has 0 aliphatic rings. The number of carboxylic acids is 4. The molecule has 0 spiro atoms. The molecule has 0 amide bonds. The van der Waals surface area contributed by atoms with Gasteiger partial charge in [-0.3, -0.25) is 19.2 Å². The fraction of sp³-hybridized carbons (Fsp3) is 0.902. The van der Waals surface area contributed by atoms with E-state index in [0.717, 1.165) is 38.5 Å². The average Bonchev–Trinajstić information content (AvgIpc) is 3.05. The van der Waals surface area contributed by atoms with Crippen LogP contribution >= 0.6 is 0 Å². The Bertz CT molecular complexity index is 769. The largest absolute Gasteiger partial charge is 0.481 e. The molecule has 0 rings (SSSR count). The summed E-state index contributed by atoms with van der Waals surface area (Å²) >= 11 is 0. The number of unbranched alkanes of at least 4 members (excludes halogenated alkanes) is 27. The Morgan fingerprint density at radius 1 is 0.327 bits per heavy atom. The van der Waals surface area contributed by atoms with Crippen LogP contribution in [0.15, 0.2) is 0 Å². The molecule has 0 aromatic carbocycles. The van der Waals surface area contributed by atoms with E-state index in [1.165, 1.54) is 148 Å². The minimum atomic E-state index is -1.02. The maximum Gasteiger partial charge on any atom is 0.307 e. The minimum Gasteiger partial charge on any atom is -0.481 e. The second-order valence-electron chi connectivity index (χ2n) is 14.4. The molecule has 4 N–H and O–H groups in total. The topological polar surface area (TPSA) is 149 Å². The van der Waals surface area contributed by atoms with E-state index in [1.54, 1.807) is 0 Å². The van der Waals surface area contributed by atoms with E-state index >= 15 is 0 Å². The number of carboxylic acid groups (broad SMARTS) is 4. The summed E-state index contributed by atoms with van der Waals surface area (Å²) in [6, 6.07) is 0. The SMILES string of the molecule is CCCCCCCCCCCCCCCCC(CC(=O)O)C(=O)O.CCCCCCCCCCCCCCCCCC(CC(=O)O)C(=O)O. The Morgan fingerprint density at radius 2 is 0.510 bits per heavy atom. The summed E-state index contributed by atoms with van der Waals surface area (Å²) in [5.74, 6) is -5.44. The first-order valence-corrected chi connectivity index (χ1v) is 20.5. The van der Waals surface area contributed by atoms with Crippen LogP contribution in [0.1, 0.15) is 226 Å². The molecule has 49 heavy (non-hydrogen) atoms. The summed E-state index contributed by atoms with van der Waals surface area (Å²) in [6.45, 7) is 4.51. The van der Waals surface area contributed by atoms with Crippen LogP contribution in [0.3, 0.4) is 0 Å². The smallest absolute Gasteiger partial charge is 0.307 e. The second kappa shape index (κ2) is 38.7. The van der Waals surface area contributed by atoms with E-state index in [2.05, 4.69) is 13.8 Å². The highest BCUT2D eigenvalue weighted by Gasteiger charge is 2.21. The summed E-state index contributed by atoms with van der Waals surface area (Å²) in [4.78, 5) is 43.1. The summed E-state index contributed by atoms with van der Waals surface area (Å²) in [6.07, 6.45) is 37.4. The summed E-state index contributed by atoms with van der Waals surface area (Å²) in [7, 11) is 0. The van der Waals surface area contributed by atoms with Crippen molar-refractivity contribution in [2.45, 2.75) is 226 Å². The van der Waals surface area contributed by atoms with Crippen molar-refractivity contribution in [1.29, 1.82) is 0 Å². The first-order valence-electron chi connectivity index (χ1n) is 20.5. The number of rotatable bonds is 37. The molecule has 0 aromatic heterocycles. The first-order chi connectivity index (χ1) is 23.6. The standard InChI is InChI=1S/C21H40O4.C20H38O4/c1-2-3-4-5-6-7-8-9-10-11-12-13-14-15-16-17-19(21(24)25)18-20(22)23;1-2-3-4-5-6-7-8-9-10-11-12-13-14-15-16-18(20(23)24)17-19(21)22/h19H,2-18H2,1H3,(H,22,23)(H,24,25);18H,2-17H2,1H3,(H,21,22)(H,23,24). The molecule has 0 aliphatic carbocycles. The van der Waals surface area contributed by atoms with Gasteiger partial charge in [-0.1, -0.05) is 200 Å². The van der Waals surface area contributed by atoms with Crippen LogP contribution in [-0.4, -0.2) is 44.3 Å². The lowest BCUT2D eigenvalue weighted by Gasteiger charge is -2.09. The third-order valence-corrected chi connectivity index (χ3v) is 9.60. The van der Waals surface area contributed by atoms with Crippen LogP contribution < -0.4 is 0 Å². The van der Waals surface area contributed by atoms with Gasteiger partial charge in [0.15, 0.2) is 0 Å². The quantitative estimate of drug-likeness (QED) is 0.0468. The summed E-state index contributed by atoms with van der Waals surface area (Å²) in [5.41, 5.74) is 0. The Kier molecular flexibility index (Phi) is 38.7. The molecular weight excluding hydrogens is 620 g/mol. The predicted molar refractivity (Wildman–Crippen MR) is 201 cm³/mol. The van der Waals surface area contributed by atoms with Gasteiger partial charge in [0.05, 0.1) is 24.7 Å². The van der Waals surface area contributed by atoms with Crippen molar-refractivity contribution < 1.29 is 39.6 Å². The molecular formula is C41H78O8. The van der Waals surface area contributed by atoms with Crippen molar-refractivity contribution in [1.82, 2.24) is 0 Å². The number of hydrogen-bond acceptors (Lipinski definition) is 4. The third kappa shape index (κ3) is 40.2.